The van der Waals surface area contributed by atoms with E-state index in [1.165, 1.54) is 0 Å². The maximum atomic E-state index is 9.96. The van der Waals surface area contributed by atoms with Crippen LogP contribution in [0.4, 0.5) is 0 Å². The summed E-state index contributed by atoms with van der Waals surface area (Å²) < 4.78 is 5.79. The Kier molecular flexibility index (Phi) is 4.55. The molecule has 0 saturated heterocycles. The molecule has 0 bridgehead atoms. The molecule has 0 spiro atoms. The van der Waals surface area contributed by atoms with Gasteiger partial charge in [0.05, 0.1) is 12.7 Å². The van der Waals surface area contributed by atoms with Crippen LogP contribution in [0.15, 0.2) is 48.5 Å². The normalized spacial score (nSPS) is 12.2. The van der Waals surface area contributed by atoms with Gasteiger partial charge in [-0.2, -0.15) is 0 Å². The van der Waals surface area contributed by atoms with Gasteiger partial charge in [0.15, 0.2) is 0 Å². The SMILES string of the molecule is CC[C@@H](O)c1ccccc1Oc1ccc(CO)cc1. The molecule has 100 valence electrons. The van der Waals surface area contributed by atoms with E-state index in [0.29, 0.717) is 17.9 Å². The highest BCUT2D eigenvalue weighted by Gasteiger charge is 2.11. The van der Waals surface area contributed by atoms with Crippen LogP contribution in [-0.4, -0.2) is 10.2 Å². The van der Waals surface area contributed by atoms with Gasteiger partial charge in [0.2, 0.25) is 0 Å². The van der Waals surface area contributed by atoms with E-state index < -0.39 is 6.10 Å². The van der Waals surface area contributed by atoms with Crippen LogP contribution in [0, 0.1) is 0 Å². The van der Waals surface area contributed by atoms with E-state index in [1.807, 2.05) is 43.3 Å². The van der Waals surface area contributed by atoms with E-state index in [0.717, 1.165) is 11.1 Å². The molecule has 0 radical (unpaired) electrons. The van der Waals surface area contributed by atoms with Crippen molar-refractivity contribution in [3.05, 3.63) is 59.7 Å². The topological polar surface area (TPSA) is 49.7 Å². The number of hydrogen-bond acceptors (Lipinski definition) is 3. The lowest BCUT2D eigenvalue weighted by atomic mass is 10.1. The number of rotatable bonds is 5. The second kappa shape index (κ2) is 6.36. The maximum Gasteiger partial charge on any atom is 0.133 e. The number of hydrogen-bond donors (Lipinski definition) is 2. The lowest BCUT2D eigenvalue weighted by Gasteiger charge is -2.14. The van der Waals surface area contributed by atoms with E-state index in [9.17, 15) is 5.11 Å². The van der Waals surface area contributed by atoms with Crippen molar-refractivity contribution in [2.24, 2.45) is 0 Å². The van der Waals surface area contributed by atoms with E-state index >= 15 is 0 Å². The average molecular weight is 258 g/mol. The zero-order valence-electron chi connectivity index (χ0n) is 10.9. The standard InChI is InChI=1S/C16H18O3/c1-2-15(18)14-5-3-4-6-16(14)19-13-9-7-12(11-17)8-10-13/h3-10,15,17-18H,2,11H2,1H3/t15-/m1/s1. The van der Waals surface area contributed by atoms with Gasteiger partial charge in [-0.3, -0.25) is 0 Å². The highest BCUT2D eigenvalue weighted by atomic mass is 16.5. The zero-order valence-corrected chi connectivity index (χ0v) is 10.9. The van der Waals surface area contributed by atoms with Crippen molar-refractivity contribution in [1.82, 2.24) is 0 Å². The van der Waals surface area contributed by atoms with Gasteiger partial charge in [-0.25, -0.2) is 0 Å². The molecule has 0 saturated carbocycles. The summed E-state index contributed by atoms with van der Waals surface area (Å²) in [7, 11) is 0. The molecule has 0 aliphatic heterocycles. The van der Waals surface area contributed by atoms with Crippen LogP contribution in [0.1, 0.15) is 30.6 Å². The van der Waals surface area contributed by atoms with Crippen LogP contribution in [-0.2, 0) is 6.61 Å². The summed E-state index contributed by atoms with van der Waals surface area (Å²) in [6.45, 7) is 1.95. The molecule has 2 rings (SSSR count). The summed E-state index contributed by atoms with van der Waals surface area (Å²) in [5.74, 6) is 1.35. The Balaban J connectivity index is 2.22. The van der Waals surface area contributed by atoms with Crippen molar-refractivity contribution in [3.8, 4) is 11.5 Å². The summed E-state index contributed by atoms with van der Waals surface area (Å²) in [6, 6.07) is 14.7. The van der Waals surface area contributed by atoms with Gasteiger partial charge in [-0.05, 0) is 30.2 Å². The fourth-order valence-electron chi connectivity index (χ4n) is 1.86. The Hall–Kier alpha value is -1.84. The monoisotopic (exact) mass is 258 g/mol. The highest BCUT2D eigenvalue weighted by Crippen LogP contribution is 2.30. The minimum absolute atomic E-state index is 0.0193. The molecule has 0 unspecified atom stereocenters. The van der Waals surface area contributed by atoms with Crippen LogP contribution in [0.3, 0.4) is 0 Å². The van der Waals surface area contributed by atoms with Gasteiger partial charge in [-0.15, -0.1) is 0 Å². The van der Waals surface area contributed by atoms with Crippen molar-refractivity contribution >= 4 is 0 Å². The molecule has 2 N–H and O–H groups in total. The molecule has 2 aromatic carbocycles. The third-order valence-electron chi connectivity index (χ3n) is 3.00. The van der Waals surface area contributed by atoms with Crippen molar-refractivity contribution in [2.75, 3.05) is 0 Å². The molecule has 3 heteroatoms. The molecule has 19 heavy (non-hydrogen) atoms. The summed E-state index contributed by atoms with van der Waals surface area (Å²) in [5, 5.41) is 19.0. The van der Waals surface area contributed by atoms with Gasteiger partial charge in [0, 0.05) is 5.56 Å². The predicted octanol–water partition coefficient (Wildman–Crippen LogP) is 3.41. The average Bonchev–Trinajstić information content (AvgIpc) is 2.48. The summed E-state index contributed by atoms with van der Waals surface area (Å²) in [5.41, 5.74) is 1.63. The second-order valence-corrected chi connectivity index (χ2v) is 4.37. The van der Waals surface area contributed by atoms with Crippen LogP contribution < -0.4 is 4.74 Å². The first-order valence-electron chi connectivity index (χ1n) is 6.39. The molecule has 0 aliphatic rings. The minimum atomic E-state index is -0.520. The summed E-state index contributed by atoms with van der Waals surface area (Å²) in [6.07, 6.45) is 0.122. The second-order valence-electron chi connectivity index (χ2n) is 4.37. The van der Waals surface area contributed by atoms with Gasteiger partial charge >= 0.3 is 0 Å². The van der Waals surface area contributed by atoms with Gasteiger partial charge in [0.25, 0.3) is 0 Å². The third-order valence-corrected chi connectivity index (χ3v) is 3.00. The Labute approximate surface area is 113 Å². The fraction of sp³-hybridized carbons (Fsp3) is 0.250. The summed E-state index contributed by atoms with van der Waals surface area (Å²) >= 11 is 0. The van der Waals surface area contributed by atoms with Crippen molar-refractivity contribution in [1.29, 1.82) is 0 Å². The molecule has 0 fully saturated rings. The largest absolute Gasteiger partial charge is 0.457 e. The first-order chi connectivity index (χ1) is 9.24. The van der Waals surface area contributed by atoms with Crippen molar-refractivity contribution < 1.29 is 14.9 Å². The first kappa shape index (κ1) is 13.6. The lowest BCUT2D eigenvalue weighted by Crippen LogP contribution is -1.98. The first-order valence-corrected chi connectivity index (χ1v) is 6.39. The number of aliphatic hydroxyl groups is 2. The number of para-hydroxylation sites is 1. The highest BCUT2D eigenvalue weighted by molar-refractivity contribution is 5.39. The quantitative estimate of drug-likeness (QED) is 0.864. The molecule has 0 heterocycles. The molecule has 0 aromatic heterocycles. The van der Waals surface area contributed by atoms with E-state index in [2.05, 4.69) is 0 Å². The Morgan fingerprint density at radius 1 is 1.05 bits per heavy atom. The molecule has 0 aliphatic carbocycles. The van der Waals surface area contributed by atoms with E-state index in [-0.39, 0.29) is 6.61 Å². The van der Waals surface area contributed by atoms with Crippen LogP contribution in [0.2, 0.25) is 0 Å². The number of aliphatic hydroxyl groups excluding tert-OH is 2. The third kappa shape index (κ3) is 3.34. The Morgan fingerprint density at radius 2 is 1.74 bits per heavy atom. The molecule has 3 nitrogen and oxygen atoms in total. The maximum absolute atomic E-state index is 9.96. The van der Waals surface area contributed by atoms with Crippen molar-refractivity contribution in [3.63, 3.8) is 0 Å². The molecule has 2 aromatic rings. The molecule has 1 atom stereocenters. The fourth-order valence-corrected chi connectivity index (χ4v) is 1.86. The lowest BCUT2D eigenvalue weighted by molar-refractivity contribution is 0.170. The molecule has 0 amide bonds. The Bertz CT molecular complexity index is 520. The zero-order chi connectivity index (χ0) is 13.7. The van der Waals surface area contributed by atoms with Crippen LogP contribution in [0.25, 0.3) is 0 Å². The van der Waals surface area contributed by atoms with E-state index in [1.54, 1.807) is 12.1 Å². The van der Waals surface area contributed by atoms with Gasteiger partial charge in [0.1, 0.15) is 11.5 Å². The predicted molar refractivity (Wildman–Crippen MR) is 74.1 cm³/mol. The van der Waals surface area contributed by atoms with Crippen LogP contribution in [0.5, 0.6) is 11.5 Å². The summed E-state index contributed by atoms with van der Waals surface area (Å²) in [4.78, 5) is 0. The van der Waals surface area contributed by atoms with Gasteiger partial charge < -0.3 is 14.9 Å². The number of benzene rings is 2. The van der Waals surface area contributed by atoms with Crippen molar-refractivity contribution in [2.45, 2.75) is 26.1 Å². The molecular formula is C16H18O3. The minimum Gasteiger partial charge on any atom is -0.457 e. The smallest absolute Gasteiger partial charge is 0.133 e. The molecular weight excluding hydrogens is 240 g/mol. The van der Waals surface area contributed by atoms with E-state index in [4.69, 9.17) is 9.84 Å². The van der Waals surface area contributed by atoms with Crippen LogP contribution >= 0.6 is 0 Å². The van der Waals surface area contributed by atoms with Gasteiger partial charge in [-0.1, -0.05) is 37.3 Å². The Morgan fingerprint density at radius 3 is 2.37 bits per heavy atom. The number of ether oxygens (including phenoxy) is 1.